The molecule has 0 aromatic heterocycles. The van der Waals surface area contributed by atoms with E-state index in [1.165, 1.54) is 19.9 Å². The second-order valence-corrected chi connectivity index (χ2v) is 7.78. The highest BCUT2D eigenvalue weighted by Crippen LogP contribution is 2.40. The summed E-state index contributed by atoms with van der Waals surface area (Å²) < 4.78 is 46.6. The van der Waals surface area contributed by atoms with Crippen molar-refractivity contribution in [3.05, 3.63) is 12.7 Å². The van der Waals surface area contributed by atoms with Crippen molar-refractivity contribution in [2.24, 2.45) is 5.92 Å². The molecule has 2 unspecified atom stereocenters. The van der Waals surface area contributed by atoms with E-state index in [-0.39, 0.29) is 13.0 Å². The minimum absolute atomic E-state index is 0.193. The second-order valence-electron chi connectivity index (χ2n) is 7.78. The predicted molar refractivity (Wildman–Crippen MR) is 115 cm³/mol. The summed E-state index contributed by atoms with van der Waals surface area (Å²) in [6.07, 6.45) is -6.31. The molecule has 1 amide bonds. The van der Waals surface area contributed by atoms with Crippen molar-refractivity contribution >= 4 is 30.0 Å². The Bertz CT molecular complexity index is 819. The van der Waals surface area contributed by atoms with Crippen LogP contribution in [0.4, 0.5) is 9.18 Å². The Morgan fingerprint density at radius 1 is 1.14 bits per heavy atom. The van der Waals surface area contributed by atoms with Gasteiger partial charge in [-0.25, -0.2) is 14.0 Å². The van der Waals surface area contributed by atoms with E-state index >= 15 is 4.39 Å². The van der Waals surface area contributed by atoms with Crippen LogP contribution in [0.5, 0.6) is 0 Å². The molecular weight excluding hydrogens is 473 g/mol. The van der Waals surface area contributed by atoms with Crippen molar-refractivity contribution in [3.63, 3.8) is 0 Å². The van der Waals surface area contributed by atoms with Crippen LogP contribution in [0.15, 0.2) is 12.7 Å². The van der Waals surface area contributed by atoms with E-state index in [0.29, 0.717) is 0 Å². The first-order chi connectivity index (χ1) is 16.3. The van der Waals surface area contributed by atoms with Crippen LogP contribution in [0.3, 0.4) is 0 Å². The third kappa shape index (κ3) is 7.38. The van der Waals surface area contributed by atoms with Crippen LogP contribution in [0.25, 0.3) is 0 Å². The van der Waals surface area contributed by atoms with Gasteiger partial charge in [-0.2, -0.15) is 0 Å². The van der Waals surface area contributed by atoms with E-state index in [1.807, 2.05) is 0 Å². The van der Waals surface area contributed by atoms with Gasteiger partial charge in [0.25, 0.3) is 0 Å². The molecule has 0 saturated carbocycles. The highest BCUT2D eigenvalue weighted by atomic mass is 19.1. The molecule has 1 N–H and O–H groups in total. The number of alkyl halides is 1. The van der Waals surface area contributed by atoms with Crippen molar-refractivity contribution in [3.8, 4) is 0 Å². The van der Waals surface area contributed by atoms with Crippen molar-refractivity contribution in [1.29, 1.82) is 0 Å². The SMILES string of the molecule is C=CCOC(=O)N[C@H]1C([C@H](C)[C@@H](CC)OC(C)=O)O[C@@](OC(C)=O)(C(=O)OC)C(F)[C@H]1OC(C)=O. The molecule has 0 spiro atoms. The van der Waals surface area contributed by atoms with Gasteiger partial charge in [-0.15, -0.1) is 0 Å². The number of rotatable bonds is 10. The smallest absolute Gasteiger partial charge is 0.407 e. The van der Waals surface area contributed by atoms with Gasteiger partial charge in [-0.05, 0) is 6.42 Å². The Morgan fingerprint density at radius 3 is 2.23 bits per heavy atom. The lowest BCUT2D eigenvalue weighted by Crippen LogP contribution is -2.73. The topological polar surface area (TPSA) is 153 Å². The lowest BCUT2D eigenvalue weighted by Gasteiger charge is -2.49. The van der Waals surface area contributed by atoms with Crippen LogP contribution < -0.4 is 5.32 Å². The summed E-state index contributed by atoms with van der Waals surface area (Å²) in [5, 5.41) is 2.37. The summed E-state index contributed by atoms with van der Waals surface area (Å²) in [7, 11) is 0.910. The van der Waals surface area contributed by atoms with Gasteiger partial charge in [0.2, 0.25) is 6.17 Å². The molecule has 1 saturated heterocycles. The van der Waals surface area contributed by atoms with E-state index in [0.717, 1.165) is 21.0 Å². The number of hydrogen-bond donors (Lipinski definition) is 1. The number of hydrogen-bond acceptors (Lipinski definition) is 11. The van der Waals surface area contributed by atoms with Crippen LogP contribution in [0, 0.1) is 5.92 Å². The number of alkyl carbamates (subject to hydrolysis) is 1. The molecule has 0 aromatic rings. The van der Waals surface area contributed by atoms with Crippen molar-refractivity contribution in [1.82, 2.24) is 5.32 Å². The van der Waals surface area contributed by atoms with E-state index in [9.17, 15) is 24.0 Å². The Hall–Kier alpha value is -3.22. The van der Waals surface area contributed by atoms with Crippen molar-refractivity contribution in [2.45, 2.75) is 77.4 Å². The summed E-state index contributed by atoms with van der Waals surface area (Å²) in [5.74, 6) is -7.98. The maximum absolute atomic E-state index is 15.9. The van der Waals surface area contributed by atoms with Gasteiger partial charge in [-0.1, -0.05) is 26.5 Å². The zero-order valence-electron chi connectivity index (χ0n) is 20.5. The van der Waals surface area contributed by atoms with Gasteiger partial charge >= 0.3 is 35.8 Å². The largest absolute Gasteiger partial charge is 0.464 e. The molecule has 35 heavy (non-hydrogen) atoms. The average Bonchev–Trinajstić information content (AvgIpc) is 2.78. The molecule has 198 valence electrons. The van der Waals surface area contributed by atoms with Gasteiger partial charge < -0.3 is 33.7 Å². The first kappa shape index (κ1) is 29.8. The molecule has 0 aromatic carbocycles. The van der Waals surface area contributed by atoms with E-state index < -0.39 is 72.2 Å². The molecule has 1 heterocycles. The van der Waals surface area contributed by atoms with Gasteiger partial charge in [0.1, 0.15) is 12.7 Å². The first-order valence-electron chi connectivity index (χ1n) is 10.8. The van der Waals surface area contributed by atoms with Crippen LogP contribution in [0.1, 0.15) is 41.0 Å². The molecule has 1 rings (SSSR count). The zero-order valence-corrected chi connectivity index (χ0v) is 20.5. The summed E-state index contributed by atoms with van der Waals surface area (Å²) in [6, 6.07) is -1.47. The number of carbonyl (C=O) groups is 5. The Balaban J connectivity index is 3.69. The number of nitrogens with one attached hydrogen (secondary N) is 1. The molecule has 0 radical (unpaired) electrons. The maximum Gasteiger partial charge on any atom is 0.407 e. The summed E-state index contributed by atoms with van der Waals surface area (Å²) in [4.78, 5) is 60.4. The number of esters is 4. The third-order valence-electron chi connectivity index (χ3n) is 5.18. The van der Waals surface area contributed by atoms with Gasteiger partial charge in [0, 0.05) is 26.7 Å². The molecule has 7 atom stereocenters. The number of ether oxygens (including phenoxy) is 6. The fourth-order valence-corrected chi connectivity index (χ4v) is 3.79. The summed E-state index contributed by atoms with van der Waals surface area (Å²) in [6.45, 7) is 9.51. The second kappa shape index (κ2) is 13.0. The summed E-state index contributed by atoms with van der Waals surface area (Å²) >= 11 is 0. The molecule has 12 nitrogen and oxygen atoms in total. The first-order valence-corrected chi connectivity index (χ1v) is 10.8. The molecule has 1 aliphatic heterocycles. The Morgan fingerprint density at radius 2 is 1.77 bits per heavy atom. The number of amides is 1. The van der Waals surface area contributed by atoms with Gasteiger partial charge in [-0.3, -0.25) is 14.4 Å². The minimum Gasteiger partial charge on any atom is -0.464 e. The van der Waals surface area contributed by atoms with Crippen LogP contribution in [-0.4, -0.2) is 80.0 Å². The molecule has 0 aliphatic carbocycles. The lowest BCUT2D eigenvalue weighted by atomic mass is 9.82. The molecule has 1 fully saturated rings. The zero-order chi connectivity index (χ0) is 26.9. The van der Waals surface area contributed by atoms with Crippen LogP contribution >= 0.6 is 0 Å². The monoisotopic (exact) mass is 505 g/mol. The average molecular weight is 505 g/mol. The standard InChI is InChI=1S/C22H32FNO11/c1-8-10-31-21(29)24-16-17(11(3)15(9-2)32-12(4)25)35-22(20(28)30-7,34-14(6)27)19(23)18(16)33-13(5)26/h8,11,15-19H,1,9-10H2,2-7H3,(H,24,29)/t11-,15-,16+,17?,18+,19?,22-/m1/s1. The Kier molecular flexibility index (Phi) is 11.1. The molecule has 13 heteroatoms. The van der Waals surface area contributed by atoms with Crippen molar-refractivity contribution < 1.29 is 56.8 Å². The van der Waals surface area contributed by atoms with Crippen LogP contribution in [-0.2, 0) is 47.6 Å². The summed E-state index contributed by atoms with van der Waals surface area (Å²) in [5.41, 5.74) is 0. The van der Waals surface area contributed by atoms with Crippen molar-refractivity contribution in [2.75, 3.05) is 13.7 Å². The normalized spacial score (nSPS) is 27.4. The highest BCUT2D eigenvalue weighted by Gasteiger charge is 2.66. The lowest BCUT2D eigenvalue weighted by molar-refractivity contribution is -0.320. The quantitative estimate of drug-likeness (QED) is 0.260. The van der Waals surface area contributed by atoms with Gasteiger partial charge in [0.05, 0.1) is 19.3 Å². The number of methoxy groups -OCH3 is 1. The van der Waals surface area contributed by atoms with E-state index in [1.54, 1.807) is 6.92 Å². The molecule has 1 aliphatic rings. The predicted octanol–water partition coefficient (Wildman–Crippen LogP) is 1.35. The van der Waals surface area contributed by atoms with E-state index in [2.05, 4.69) is 16.6 Å². The van der Waals surface area contributed by atoms with E-state index in [4.69, 9.17) is 23.7 Å². The fourth-order valence-electron chi connectivity index (χ4n) is 3.79. The van der Waals surface area contributed by atoms with Crippen LogP contribution in [0.2, 0.25) is 0 Å². The highest BCUT2D eigenvalue weighted by molar-refractivity contribution is 5.83. The maximum atomic E-state index is 15.9. The number of halogens is 1. The Labute approximate surface area is 202 Å². The molecular formula is C22H32FNO11. The number of carbonyl (C=O) groups excluding carboxylic acids is 5. The van der Waals surface area contributed by atoms with Gasteiger partial charge in [0.15, 0.2) is 6.10 Å². The fraction of sp³-hybridized carbons (Fsp3) is 0.682. The molecule has 0 bridgehead atoms. The minimum atomic E-state index is -2.99. The third-order valence-corrected chi connectivity index (χ3v) is 5.18.